The number of hydrogen-bond acceptors (Lipinski definition) is 3. The summed E-state index contributed by atoms with van der Waals surface area (Å²) >= 11 is 0. The number of rotatable bonds is 4. The van der Waals surface area contributed by atoms with Gasteiger partial charge in [0.05, 0.1) is 19.2 Å². The SMILES string of the molecule is COc1ccccc1-c1ccc(CC(=O)O)cn1. The molecule has 0 aliphatic heterocycles. The van der Waals surface area contributed by atoms with Gasteiger partial charge in [0.15, 0.2) is 0 Å². The van der Waals surface area contributed by atoms with Gasteiger partial charge in [-0.3, -0.25) is 9.78 Å². The molecule has 2 aromatic rings. The third kappa shape index (κ3) is 2.66. The summed E-state index contributed by atoms with van der Waals surface area (Å²) in [4.78, 5) is 14.8. The molecular weight excluding hydrogens is 230 g/mol. The number of aliphatic carboxylic acids is 1. The summed E-state index contributed by atoms with van der Waals surface area (Å²) in [6, 6.07) is 11.1. The van der Waals surface area contributed by atoms with Crippen molar-refractivity contribution in [1.82, 2.24) is 4.98 Å². The highest BCUT2D eigenvalue weighted by Gasteiger charge is 2.07. The van der Waals surface area contributed by atoms with E-state index in [1.54, 1.807) is 25.4 Å². The number of carbonyl (C=O) groups is 1. The Morgan fingerprint density at radius 1 is 1.28 bits per heavy atom. The zero-order valence-corrected chi connectivity index (χ0v) is 9.96. The molecule has 0 spiro atoms. The fourth-order valence-corrected chi connectivity index (χ4v) is 1.72. The van der Waals surface area contributed by atoms with Gasteiger partial charge in [-0.1, -0.05) is 18.2 Å². The van der Waals surface area contributed by atoms with E-state index < -0.39 is 5.97 Å². The summed E-state index contributed by atoms with van der Waals surface area (Å²) in [7, 11) is 1.61. The highest BCUT2D eigenvalue weighted by atomic mass is 16.5. The third-order valence-electron chi connectivity index (χ3n) is 2.56. The van der Waals surface area contributed by atoms with E-state index in [1.165, 1.54) is 0 Å². The molecule has 0 bridgehead atoms. The van der Waals surface area contributed by atoms with Crippen molar-refractivity contribution < 1.29 is 14.6 Å². The van der Waals surface area contributed by atoms with Crippen LogP contribution >= 0.6 is 0 Å². The first kappa shape index (κ1) is 12.1. The number of carboxylic acid groups (broad SMARTS) is 1. The Morgan fingerprint density at radius 3 is 2.67 bits per heavy atom. The van der Waals surface area contributed by atoms with Gasteiger partial charge in [-0.25, -0.2) is 0 Å². The quantitative estimate of drug-likeness (QED) is 0.895. The van der Waals surface area contributed by atoms with Gasteiger partial charge in [-0.05, 0) is 23.8 Å². The van der Waals surface area contributed by atoms with E-state index in [0.717, 1.165) is 17.0 Å². The minimum atomic E-state index is -0.859. The Morgan fingerprint density at radius 2 is 2.06 bits per heavy atom. The standard InChI is InChI=1S/C14H13NO3/c1-18-13-5-3-2-4-11(13)12-7-6-10(9-15-12)8-14(16)17/h2-7,9H,8H2,1H3,(H,16,17). The van der Waals surface area contributed by atoms with Crippen molar-refractivity contribution >= 4 is 5.97 Å². The molecule has 0 atom stereocenters. The number of benzene rings is 1. The van der Waals surface area contributed by atoms with Gasteiger partial charge in [0.1, 0.15) is 5.75 Å². The van der Waals surface area contributed by atoms with Crippen LogP contribution in [0.3, 0.4) is 0 Å². The number of para-hydroxylation sites is 1. The molecule has 1 aromatic heterocycles. The van der Waals surface area contributed by atoms with Crippen molar-refractivity contribution in [3.63, 3.8) is 0 Å². The van der Waals surface area contributed by atoms with Gasteiger partial charge in [-0.15, -0.1) is 0 Å². The molecule has 18 heavy (non-hydrogen) atoms. The molecule has 1 aromatic carbocycles. The number of ether oxygens (including phenoxy) is 1. The van der Waals surface area contributed by atoms with Crippen LogP contribution in [-0.2, 0) is 11.2 Å². The molecule has 0 radical (unpaired) electrons. The lowest BCUT2D eigenvalue weighted by atomic mass is 10.1. The molecule has 4 nitrogen and oxygen atoms in total. The zero-order valence-electron chi connectivity index (χ0n) is 9.96. The summed E-state index contributed by atoms with van der Waals surface area (Å²) in [6.07, 6.45) is 1.56. The first-order valence-corrected chi connectivity index (χ1v) is 5.51. The van der Waals surface area contributed by atoms with Crippen LogP contribution in [0.2, 0.25) is 0 Å². The molecular formula is C14H13NO3. The molecule has 1 N–H and O–H groups in total. The average molecular weight is 243 g/mol. The van der Waals surface area contributed by atoms with Crippen LogP contribution in [0.5, 0.6) is 5.75 Å². The van der Waals surface area contributed by atoms with Gasteiger partial charge in [0.25, 0.3) is 0 Å². The van der Waals surface area contributed by atoms with E-state index in [9.17, 15) is 4.79 Å². The van der Waals surface area contributed by atoms with Crippen LogP contribution in [-0.4, -0.2) is 23.2 Å². The molecule has 1 heterocycles. The van der Waals surface area contributed by atoms with E-state index >= 15 is 0 Å². The normalized spacial score (nSPS) is 10.1. The monoisotopic (exact) mass is 243 g/mol. The Hall–Kier alpha value is -2.36. The van der Waals surface area contributed by atoms with Crippen molar-refractivity contribution in [1.29, 1.82) is 0 Å². The summed E-state index contributed by atoms with van der Waals surface area (Å²) in [6.45, 7) is 0. The van der Waals surface area contributed by atoms with Gasteiger partial charge in [0, 0.05) is 11.8 Å². The Bertz CT molecular complexity index is 549. The van der Waals surface area contributed by atoms with Gasteiger partial charge < -0.3 is 9.84 Å². The summed E-state index contributed by atoms with van der Waals surface area (Å²) in [5.41, 5.74) is 2.34. The minimum Gasteiger partial charge on any atom is -0.496 e. The van der Waals surface area contributed by atoms with E-state index in [-0.39, 0.29) is 6.42 Å². The number of nitrogens with zero attached hydrogens (tertiary/aromatic N) is 1. The lowest BCUT2D eigenvalue weighted by Crippen LogP contribution is -2.00. The molecule has 0 saturated heterocycles. The van der Waals surface area contributed by atoms with E-state index in [2.05, 4.69) is 4.98 Å². The molecule has 0 aliphatic rings. The summed E-state index contributed by atoms with van der Waals surface area (Å²) in [5.74, 6) is -0.113. The predicted molar refractivity (Wildman–Crippen MR) is 67.6 cm³/mol. The third-order valence-corrected chi connectivity index (χ3v) is 2.56. The zero-order chi connectivity index (χ0) is 13.0. The van der Waals surface area contributed by atoms with Crippen molar-refractivity contribution in [3.8, 4) is 17.0 Å². The molecule has 2 rings (SSSR count). The van der Waals surface area contributed by atoms with Crippen molar-refractivity contribution in [2.75, 3.05) is 7.11 Å². The van der Waals surface area contributed by atoms with E-state index in [4.69, 9.17) is 9.84 Å². The average Bonchev–Trinajstić information content (AvgIpc) is 2.39. The minimum absolute atomic E-state index is 0.0147. The summed E-state index contributed by atoms with van der Waals surface area (Å²) in [5, 5.41) is 8.69. The number of hydrogen-bond donors (Lipinski definition) is 1. The lowest BCUT2D eigenvalue weighted by molar-refractivity contribution is -0.136. The number of aromatic nitrogens is 1. The maximum Gasteiger partial charge on any atom is 0.307 e. The maximum absolute atomic E-state index is 10.6. The molecule has 92 valence electrons. The van der Waals surface area contributed by atoms with E-state index in [0.29, 0.717) is 5.56 Å². The number of methoxy groups -OCH3 is 1. The van der Waals surface area contributed by atoms with Crippen LogP contribution < -0.4 is 4.74 Å². The highest BCUT2D eigenvalue weighted by Crippen LogP contribution is 2.27. The largest absolute Gasteiger partial charge is 0.496 e. The second-order valence-corrected chi connectivity index (χ2v) is 3.82. The van der Waals surface area contributed by atoms with E-state index in [1.807, 2.05) is 24.3 Å². The van der Waals surface area contributed by atoms with Gasteiger partial charge >= 0.3 is 5.97 Å². The van der Waals surface area contributed by atoms with Gasteiger partial charge in [-0.2, -0.15) is 0 Å². The van der Waals surface area contributed by atoms with Crippen molar-refractivity contribution in [3.05, 3.63) is 48.2 Å². The second-order valence-electron chi connectivity index (χ2n) is 3.82. The first-order chi connectivity index (χ1) is 8.70. The lowest BCUT2D eigenvalue weighted by Gasteiger charge is -2.07. The Balaban J connectivity index is 2.31. The Labute approximate surface area is 105 Å². The number of carboxylic acids is 1. The fraction of sp³-hybridized carbons (Fsp3) is 0.143. The predicted octanol–water partition coefficient (Wildman–Crippen LogP) is 2.38. The molecule has 0 saturated carbocycles. The topological polar surface area (TPSA) is 59.4 Å². The van der Waals surface area contributed by atoms with Crippen molar-refractivity contribution in [2.45, 2.75) is 6.42 Å². The fourth-order valence-electron chi connectivity index (χ4n) is 1.72. The second kappa shape index (κ2) is 5.31. The Kier molecular flexibility index (Phi) is 3.57. The van der Waals surface area contributed by atoms with Crippen LogP contribution in [0.1, 0.15) is 5.56 Å². The van der Waals surface area contributed by atoms with Gasteiger partial charge in [0.2, 0.25) is 0 Å². The first-order valence-electron chi connectivity index (χ1n) is 5.51. The highest BCUT2D eigenvalue weighted by molar-refractivity contribution is 5.71. The smallest absolute Gasteiger partial charge is 0.307 e. The van der Waals surface area contributed by atoms with Crippen LogP contribution in [0.15, 0.2) is 42.6 Å². The van der Waals surface area contributed by atoms with Crippen LogP contribution in [0, 0.1) is 0 Å². The molecule has 0 aliphatic carbocycles. The molecule has 0 fully saturated rings. The molecule has 0 amide bonds. The van der Waals surface area contributed by atoms with Crippen LogP contribution in [0.25, 0.3) is 11.3 Å². The van der Waals surface area contributed by atoms with Crippen LogP contribution in [0.4, 0.5) is 0 Å². The summed E-state index contributed by atoms with van der Waals surface area (Å²) < 4.78 is 5.26. The molecule has 0 unspecified atom stereocenters. The number of pyridine rings is 1. The maximum atomic E-state index is 10.6. The molecule has 4 heteroatoms. The van der Waals surface area contributed by atoms with Crippen molar-refractivity contribution in [2.24, 2.45) is 0 Å².